The number of aromatic nitrogens is 2. The summed E-state index contributed by atoms with van der Waals surface area (Å²) in [6.07, 6.45) is 2.11. The number of β-lactam (4-membered cyclic amide) rings is 1. The molecule has 2 aliphatic heterocycles. The van der Waals surface area contributed by atoms with Crippen LogP contribution in [-0.4, -0.2) is 47.7 Å². The summed E-state index contributed by atoms with van der Waals surface area (Å²) in [6.45, 7) is 13.5. The van der Waals surface area contributed by atoms with Crippen LogP contribution in [0.2, 0.25) is 13.1 Å². The van der Waals surface area contributed by atoms with Crippen LogP contribution in [0.5, 0.6) is 0 Å². The molecule has 0 saturated carbocycles. The first-order valence-corrected chi connectivity index (χ1v) is 13.0. The highest BCUT2D eigenvalue weighted by atomic mass is 32.2. The number of aryl methyl sites for hydroxylation is 1. The number of Topliss-reactive ketones (excluding diaryl/α,β-unsaturated/α-hetero) is 1. The van der Waals surface area contributed by atoms with Crippen molar-refractivity contribution in [3.8, 4) is 0 Å². The number of nitrogens with zero attached hydrogens (tertiary/aromatic N) is 2. The van der Waals surface area contributed by atoms with Crippen molar-refractivity contribution in [2.45, 2.75) is 70.6 Å². The molecule has 1 aromatic heterocycles. The number of ketones is 1. The average molecular weight is 396 g/mol. The number of hydrogen-bond donors (Lipinski definition) is 1. The van der Waals surface area contributed by atoms with Crippen molar-refractivity contribution in [3.63, 3.8) is 0 Å². The molecule has 26 heavy (non-hydrogen) atoms. The number of nitrogens with one attached hydrogen (secondary N) is 1. The normalized spacial score (nSPS) is 24.8. The fraction of sp³-hybridized carbons (Fsp3) is 0.722. The lowest BCUT2D eigenvalue weighted by atomic mass is 9.64. The number of carbonyl (C=O) groups is 2. The first-order valence-electron chi connectivity index (χ1n) is 9.24. The Hall–Kier alpha value is -1.12. The quantitative estimate of drug-likeness (QED) is 0.455. The Labute approximate surface area is 161 Å². The van der Waals surface area contributed by atoms with Gasteiger partial charge in [-0.25, -0.2) is 4.98 Å². The van der Waals surface area contributed by atoms with E-state index in [2.05, 4.69) is 44.2 Å². The van der Waals surface area contributed by atoms with Crippen molar-refractivity contribution in [1.82, 2.24) is 14.9 Å². The molecule has 1 aromatic rings. The molecule has 3 rings (SSSR count). The highest BCUT2D eigenvalue weighted by Gasteiger charge is 2.57. The predicted octanol–water partition coefficient (Wildman–Crippen LogP) is 2.48. The van der Waals surface area contributed by atoms with Gasteiger partial charge in [-0.1, -0.05) is 32.5 Å². The lowest BCUT2D eigenvalue weighted by Gasteiger charge is -2.54. The van der Waals surface area contributed by atoms with E-state index in [1.165, 1.54) is 0 Å². The fourth-order valence-corrected chi connectivity index (χ4v) is 6.22. The van der Waals surface area contributed by atoms with Crippen LogP contribution in [0.1, 0.15) is 44.6 Å². The summed E-state index contributed by atoms with van der Waals surface area (Å²) in [6, 6.07) is -0.198. The highest BCUT2D eigenvalue weighted by Crippen LogP contribution is 2.45. The van der Waals surface area contributed by atoms with Crippen LogP contribution in [0.3, 0.4) is 0 Å². The molecule has 0 aromatic carbocycles. The number of hydrogen-bond acceptors (Lipinski definition) is 5. The van der Waals surface area contributed by atoms with E-state index >= 15 is 0 Å². The summed E-state index contributed by atoms with van der Waals surface area (Å²) in [7, 11) is -1.36. The minimum absolute atomic E-state index is 0.0134. The molecule has 6 nitrogen and oxygen atoms in total. The topological polar surface area (TPSA) is 73.2 Å². The number of imidazole rings is 1. The second-order valence-corrected chi connectivity index (χ2v) is 12.1. The third kappa shape index (κ3) is 3.38. The molecule has 0 spiro atoms. The maximum atomic E-state index is 12.7. The van der Waals surface area contributed by atoms with Gasteiger partial charge in [0.2, 0.25) is 5.91 Å². The molecule has 0 unspecified atom stereocenters. The minimum Gasteiger partial charge on any atom is -0.414 e. The number of carbonyl (C=O) groups excluding carboxylic acids is 2. The number of thioether (sulfide) groups is 1. The summed E-state index contributed by atoms with van der Waals surface area (Å²) in [5.74, 6) is 0.668. The molecular weight excluding hydrogens is 366 g/mol. The lowest BCUT2D eigenvalue weighted by molar-refractivity contribution is -0.158. The molecule has 0 bridgehead atoms. The first kappa shape index (κ1) is 19.6. The maximum absolute atomic E-state index is 12.7. The van der Waals surface area contributed by atoms with Gasteiger partial charge < -0.3 is 14.3 Å². The Morgan fingerprint density at radius 1 is 1.42 bits per heavy atom. The van der Waals surface area contributed by atoms with Crippen LogP contribution < -0.4 is 5.32 Å². The van der Waals surface area contributed by atoms with Crippen molar-refractivity contribution in [2.24, 2.45) is 11.3 Å². The molecule has 0 aliphatic carbocycles. The molecule has 1 fully saturated rings. The van der Waals surface area contributed by atoms with Crippen LogP contribution in [0.4, 0.5) is 0 Å². The Balaban J connectivity index is 1.77. The molecule has 3 heterocycles. The average Bonchev–Trinajstić information content (AvgIpc) is 3.05. The zero-order valence-corrected chi connectivity index (χ0v) is 18.4. The minimum atomic E-state index is -1.36. The van der Waals surface area contributed by atoms with E-state index in [-0.39, 0.29) is 35.5 Å². The Morgan fingerprint density at radius 2 is 2.12 bits per heavy atom. The van der Waals surface area contributed by atoms with Gasteiger partial charge in [-0.3, -0.25) is 9.59 Å². The molecule has 3 atom stereocenters. The van der Waals surface area contributed by atoms with Gasteiger partial charge in [0.15, 0.2) is 20.0 Å². The van der Waals surface area contributed by atoms with E-state index in [4.69, 9.17) is 4.43 Å². The Morgan fingerprint density at radius 3 is 2.65 bits per heavy atom. The van der Waals surface area contributed by atoms with Crippen LogP contribution in [0.15, 0.2) is 11.4 Å². The molecule has 144 valence electrons. The van der Waals surface area contributed by atoms with E-state index in [1.807, 2.05) is 17.7 Å². The van der Waals surface area contributed by atoms with E-state index in [1.54, 1.807) is 11.8 Å². The molecule has 1 saturated heterocycles. The van der Waals surface area contributed by atoms with E-state index < -0.39 is 14.6 Å². The monoisotopic (exact) mass is 395 g/mol. The number of fused-ring (bicyclic) bond motifs is 1. The predicted molar refractivity (Wildman–Crippen MR) is 105 cm³/mol. The van der Waals surface area contributed by atoms with Crippen LogP contribution in [-0.2, 0) is 15.8 Å². The van der Waals surface area contributed by atoms with E-state index in [0.29, 0.717) is 5.69 Å². The Kier molecular flexibility index (Phi) is 5.13. The molecule has 2 aliphatic rings. The zero-order valence-electron chi connectivity index (χ0n) is 16.5. The third-order valence-corrected chi connectivity index (χ3v) is 7.50. The maximum Gasteiger partial charge on any atom is 0.228 e. The van der Waals surface area contributed by atoms with Gasteiger partial charge in [-0.15, -0.1) is 0 Å². The second kappa shape index (κ2) is 6.80. The van der Waals surface area contributed by atoms with Gasteiger partial charge in [-0.2, -0.15) is 0 Å². The number of rotatable bonds is 6. The SMILES string of the molecule is C[SiH](C)O[C@](C)([C@H]1C(=O)N[C@@H]1CC(=O)c1cn2c(n1)SCC2)C(C)(C)C. The fourth-order valence-electron chi connectivity index (χ4n) is 3.80. The zero-order chi connectivity index (χ0) is 19.3. The first-order chi connectivity index (χ1) is 12.0. The van der Waals surface area contributed by atoms with Gasteiger partial charge in [0.05, 0.1) is 17.6 Å². The van der Waals surface area contributed by atoms with Gasteiger partial charge >= 0.3 is 0 Å². The molecule has 1 amide bonds. The highest BCUT2D eigenvalue weighted by molar-refractivity contribution is 7.99. The van der Waals surface area contributed by atoms with Crippen molar-refractivity contribution in [1.29, 1.82) is 0 Å². The van der Waals surface area contributed by atoms with Crippen molar-refractivity contribution in [2.75, 3.05) is 5.75 Å². The summed E-state index contributed by atoms with van der Waals surface area (Å²) in [4.78, 5) is 29.6. The van der Waals surface area contributed by atoms with Crippen LogP contribution in [0.25, 0.3) is 0 Å². The molecule has 0 radical (unpaired) electrons. The molecule has 8 heteroatoms. The standard InChI is InChI=1S/C18H29N3O3SSi/c1-17(2,3)18(4,24-26(5)6)14-11(19-15(14)23)9-13(22)12-10-21-7-8-25-16(21)20-12/h10-11,14,26H,7-9H2,1-6H3,(H,19,23)/t11-,14-,18-/m1/s1. The molecular formula is C18H29N3O3SSi. The van der Waals surface area contributed by atoms with Crippen LogP contribution in [0, 0.1) is 11.3 Å². The molecule has 1 N–H and O–H groups in total. The van der Waals surface area contributed by atoms with Gasteiger partial charge in [0.25, 0.3) is 0 Å². The van der Waals surface area contributed by atoms with Crippen LogP contribution >= 0.6 is 11.8 Å². The smallest absolute Gasteiger partial charge is 0.228 e. The summed E-state index contributed by atoms with van der Waals surface area (Å²) in [5, 5.41) is 3.84. The van der Waals surface area contributed by atoms with Crippen molar-refractivity contribution >= 4 is 32.5 Å². The summed E-state index contributed by atoms with van der Waals surface area (Å²) < 4.78 is 8.42. The van der Waals surface area contributed by atoms with Gasteiger partial charge in [0.1, 0.15) is 5.69 Å². The Bertz CT molecular complexity index is 706. The third-order valence-electron chi connectivity index (χ3n) is 5.57. The van der Waals surface area contributed by atoms with E-state index in [9.17, 15) is 9.59 Å². The van der Waals surface area contributed by atoms with Gasteiger partial charge in [-0.05, 0) is 25.4 Å². The second-order valence-electron chi connectivity index (χ2n) is 8.69. The van der Waals surface area contributed by atoms with E-state index in [0.717, 1.165) is 17.5 Å². The van der Waals surface area contributed by atoms with Crippen molar-refractivity contribution < 1.29 is 14.0 Å². The summed E-state index contributed by atoms with van der Waals surface area (Å²) in [5.41, 5.74) is -0.295. The largest absolute Gasteiger partial charge is 0.414 e. The van der Waals surface area contributed by atoms with Crippen molar-refractivity contribution in [3.05, 3.63) is 11.9 Å². The summed E-state index contributed by atoms with van der Waals surface area (Å²) >= 11 is 1.67. The number of amides is 1. The lowest BCUT2D eigenvalue weighted by Crippen LogP contribution is -2.70. The van der Waals surface area contributed by atoms with Gasteiger partial charge in [0, 0.05) is 24.9 Å².